The fraction of sp³-hybridized carbons (Fsp3) is 0.375. The number of nitrogens with one attached hydrogen (secondary N) is 1. The van der Waals surface area contributed by atoms with Crippen molar-refractivity contribution in [1.82, 2.24) is 5.32 Å². The minimum absolute atomic E-state index is 0.252. The number of hydrogen-bond donors (Lipinski definition) is 1. The van der Waals surface area contributed by atoms with Gasteiger partial charge in [0.15, 0.2) is 0 Å². The van der Waals surface area contributed by atoms with Gasteiger partial charge in [-0.3, -0.25) is 0 Å². The van der Waals surface area contributed by atoms with Crippen molar-refractivity contribution in [2.45, 2.75) is 25.8 Å². The Hall–Kier alpha value is -1.68. The molecule has 1 aromatic rings. The Morgan fingerprint density at radius 3 is 2.65 bits per heavy atom. The van der Waals surface area contributed by atoms with Gasteiger partial charge in [-0.25, -0.2) is 8.78 Å². The van der Waals surface area contributed by atoms with Crippen LogP contribution in [0.15, 0.2) is 31.4 Å². The standard InChI is InChI=1S/C16H21F2NO/c1-5-12-7-8-13(9-15(12)20-4)11(3)14(19-6-2)10-16(17)18/h5,7-9,14,16,19H,1,3,6,10H2,2,4H3. The number of likely N-dealkylation sites (N-methyl/N-ethyl adjacent to an activating group) is 1. The van der Waals surface area contributed by atoms with Crippen LogP contribution < -0.4 is 10.1 Å². The Morgan fingerprint density at radius 1 is 1.45 bits per heavy atom. The highest BCUT2D eigenvalue weighted by atomic mass is 19.3. The molecule has 1 atom stereocenters. The summed E-state index contributed by atoms with van der Waals surface area (Å²) in [6.07, 6.45) is -0.935. The molecule has 110 valence electrons. The molecule has 0 aliphatic heterocycles. The summed E-state index contributed by atoms with van der Waals surface area (Å²) >= 11 is 0. The highest BCUT2D eigenvalue weighted by Crippen LogP contribution is 2.27. The summed E-state index contributed by atoms with van der Waals surface area (Å²) in [5.41, 5.74) is 2.29. The van der Waals surface area contributed by atoms with E-state index in [4.69, 9.17) is 4.74 Å². The van der Waals surface area contributed by atoms with Crippen LogP contribution in [-0.2, 0) is 0 Å². The molecule has 0 aliphatic carbocycles. The lowest BCUT2D eigenvalue weighted by Gasteiger charge is -2.21. The zero-order valence-electron chi connectivity index (χ0n) is 12.0. The average Bonchev–Trinajstić information content (AvgIpc) is 2.44. The minimum Gasteiger partial charge on any atom is -0.496 e. The van der Waals surface area contributed by atoms with Crippen LogP contribution in [0.2, 0.25) is 0 Å². The van der Waals surface area contributed by atoms with E-state index in [1.54, 1.807) is 19.3 Å². The quantitative estimate of drug-likeness (QED) is 0.778. The van der Waals surface area contributed by atoms with Crippen molar-refractivity contribution in [3.63, 3.8) is 0 Å². The minimum atomic E-state index is -2.37. The SMILES string of the molecule is C=Cc1ccc(C(=C)C(CC(F)F)NCC)cc1OC. The maximum Gasteiger partial charge on any atom is 0.240 e. The Bertz CT molecular complexity index is 472. The summed E-state index contributed by atoms with van der Waals surface area (Å²) in [5.74, 6) is 0.658. The van der Waals surface area contributed by atoms with Crippen LogP contribution >= 0.6 is 0 Å². The number of alkyl halides is 2. The van der Waals surface area contributed by atoms with Gasteiger partial charge in [-0.15, -0.1) is 0 Å². The van der Waals surface area contributed by atoms with Crippen LogP contribution in [0.25, 0.3) is 11.6 Å². The van der Waals surface area contributed by atoms with Gasteiger partial charge in [-0.2, -0.15) is 0 Å². The lowest BCUT2D eigenvalue weighted by molar-refractivity contribution is 0.130. The summed E-state index contributed by atoms with van der Waals surface area (Å²) < 4.78 is 30.5. The summed E-state index contributed by atoms with van der Waals surface area (Å²) in [4.78, 5) is 0. The van der Waals surface area contributed by atoms with Gasteiger partial charge in [0.25, 0.3) is 0 Å². The van der Waals surface area contributed by atoms with Gasteiger partial charge in [-0.05, 0) is 23.7 Å². The molecule has 0 spiro atoms. The number of methoxy groups -OCH3 is 1. The van der Waals surface area contributed by atoms with E-state index in [0.717, 1.165) is 11.1 Å². The molecule has 1 N–H and O–H groups in total. The molecule has 2 nitrogen and oxygen atoms in total. The molecule has 4 heteroatoms. The van der Waals surface area contributed by atoms with Crippen LogP contribution in [0.5, 0.6) is 5.75 Å². The first-order valence-corrected chi connectivity index (χ1v) is 6.54. The zero-order chi connectivity index (χ0) is 15.1. The maximum absolute atomic E-state index is 12.6. The van der Waals surface area contributed by atoms with Gasteiger partial charge in [0.2, 0.25) is 6.43 Å². The summed E-state index contributed by atoms with van der Waals surface area (Å²) in [7, 11) is 1.57. The Balaban J connectivity index is 3.01. The van der Waals surface area contributed by atoms with Gasteiger partial charge in [0.05, 0.1) is 7.11 Å². The van der Waals surface area contributed by atoms with E-state index in [1.165, 1.54) is 0 Å². The van der Waals surface area contributed by atoms with Gasteiger partial charge >= 0.3 is 0 Å². The van der Waals surface area contributed by atoms with Crippen molar-refractivity contribution in [1.29, 1.82) is 0 Å². The molecule has 20 heavy (non-hydrogen) atoms. The van der Waals surface area contributed by atoms with Crippen LogP contribution in [0.3, 0.4) is 0 Å². The fourth-order valence-corrected chi connectivity index (χ4v) is 2.05. The number of halogens is 2. The van der Waals surface area contributed by atoms with Crippen molar-refractivity contribution in [3.05, 3.63) is 42.5 Å². The zero-order valence-corrected chi connectivity index (χ0v) is 12.0. The molecule has 0 bridgehead atoms. The molecule has 0 aromatic heterocycles. The number of rotatable bonds is 8. The first kappa shape index (κ1) is 16.4. The monoisotopic (exact) mass is 281 g/mol. The molecule has 1 unspecified atom stereocenters. The van der Waals surface area contributed by atoms with E-state index >= 15 is 0 Å². The second kappa shape index (κ2) is 7.80. The van der Waals surface area contributed by atoms with Crippen molar-refractivity contribution < 1.29 is 13.5 Å². The maximum atomic E-state index is 12.6. The van der Waals surface area contributed by atoms with Crippen molar-refractivity contribution >= 4 is 11.6 Å². The van der Waals surface area contributed by atoms with Crippen molar-refractivity contribution in [2.75, 3.05) is 13.7 Å². The van der Waals surface area contributed by atoms with Gasteiger partial charge in [-0.1, -0.05) is 38.3 Å². The number of hydrogen-bond acceptors (Lipinski definition) is 2. The molecule has 1 aromatic carbocycles. The van der Waals surface area contributed by atoms with Crippen LogP contribution in [-0.4, -0.2) is 26.1 Å². The summed E-state index contributed by atoms with van der Waals surface area (Å²) in [6, 6.07) is 5.05. The highest BCUT2D eigenvalue weighted by molar-refractivity contribution is 5.71. The third kappa shape index (κ3) is 4.17. The largest absolute Gasteiger partial charge is 0.496 e. The van der Waals surface area contributed by atoms with Gasteiger partial charge < -0.3 is 10.1 Å². The smallest absolute Gasteiger partial charge is 0.240 e. The molecule has 0 saturated heterocycles. The fourth-order valence-electron chi connectivity index (χ4n) is 2.05. The first-order valence-electron chi connectivity index (χ1n) is 6.54. The number of benzene rings is 1. The number of ether oxygens (including phenoxy) is 1. The van der Waals surface area contributed by atoms with Crippen LogP contribution in [0, 0.1) is 0 Å². The lowest BCUT2D eigenvalue weighted by atomic mass is 9.96. The molecule has 0 radical (unpaired) electrons. The topological polar surface area (TPSA) is 21.3 Å². The molecule has 1 rings (SSSR count). The summed E-state index contributed by atoms with van der Waals surface area (Å²) in [5, 5.41) is 3.04. The van der Waals surface area contributed by atoms with E-state index in [-0.39, 0.29) is 6.42 Å². The van der Waals surface area contributed by atoms with Crippen LogP contribution in [0.1, 0.15) is 24.5 Å². The average molecular weight is 281 g/mol. The molecular formula is C16H21F2NO. The molecule has 0 amide bonds. The predicted molar refractivity (Wildman–Crippen MR) is 80.2 cm³/mol. The van der Waals surface area contributed by atoms with Gasteiger partial charge in [0, 0.05) is 18.0 Å². The Morgan fingerprint density at radius 2 is 2.15 bits per heavy atom. The first-order chi connectivity index (χ1) is 9.53. The summed E-state index contributed by atoms with van der Waals surface area (Å²) in [6.45, 7) is 10.1. The highest BCUT2D eigenvalue weighted by Gasteiger charge is 2.19. The third-order valence-corrected chi connectivity index (χ3v) is 3.11. The molecule has 0 heterocycles. The predicted octanol–water partition coefficient (Wildman–Crippen LogP) is 3.98. The Labute approximate surface area is 119 Å². The second-order valence-electron chi connectivity index (χ2n) is 4.42. The van der Waals surface area contributed by atoms with E-state index in [1.807, 2.05) is 19.1 Å². The lowest BCUT2D eigenvalue weighted by Crippen LogP contribution is -2.31. The van der Waals surface area contributed by atoms with E-state index in [9.17, 15) is 8.78 Å². The molecular weight excluding hydrogens is 260 g/mol. The third-order valence-electron chi connectivity index (χ3n) is 3.11. The van der Waals surface area contributed by atoms with E-state index in [2.05, 4.69) is 18.5 Å². The van der Waals surface area contributed by atoms with Crippen LogP contribution in [0.4, 0.5) is 8.78 Å². The molecule has 0 aliphatic rings. The van der Waals surface area contributed by atoms with Crippen molar-refractivity contribution in [2.24, 2.45) is 0 Å². The molecule has 0 saturated carbocycles. The van der Waals surface area contributed by atoms with Gasteiger partial charge in [0.1, 0.15) is 5.75 Å². The van der Waals surface area contributed by atoms with E-state index in [0.29, 0.717) is 17.9 Å². The van der Waals surface area contributed by atoms with E-state index < -0.39 is 12.5 Å². The van der Waals surface area contributed by atoms with Crippen molar-refractivity contribution in [3.8, 4) is 5.75 Å². The normalized spacial score (nSPS) is 12.2. The Kier molecular flexibility index (Phi) is 6.39. The molecule has 0 fully saturated rings. The second-order valence-corrected chi connectivity index (χ2v) is 4.42.